The highest BCUT2D eigenvalue weighted by Crippen LogP contribution is 2.15. The molecule has 1 aromatic carbocycles. The van der Waals surface area contributed by atoms with E-state index >= 15 is 0 Å². The summed E-state index contributed by atoms with van der Waals surface area (Å²) in [6.45, 7) is 5.06. The lowest BCUT2D eigenvalue weighted by Crippen LogP contribution is -2.36. The number of amides is 2. The van der Waals surface area contributed by atoms with Crippen LogP contribution in [0.5, 0.6) is 0 Å². The van der Waals surface area contributed by atoms with E-state index in [1.807, 2.05) is 24.3 Å². The standard InChI is InChI=1S/C16H19N3O3/c1-4-13-5-7-14(8-6-13)17-16(21)10-19(12(3)20)15-9-11(2)22-18-15/h5-9H,4,10H2,1-3H3,(H,17,21). The highest BCUT2D eigenvalue weighted by molar-refractivity contribution is 6.01. The zero-order valence-corrected chi connectivity index (χ0v) is 12.9. The summed E-state index contributed by atoms with van der Waals surface area (Å²) >= 11 is 0. The van der Waals surface area contributed by atoms with E-state index in [1.54, 1.807) is 13.0 Å². The van der Waals surface area contributed by atoms with Crippen LogP contribution in [0.3, 0.4) is 0 Å². The number of hydrogen-bond donors (Lipinski definition) is 1. The molecule has 2 aromatic rings. The van der Waals surface area contributed by atoms with E-state index < -0.39 is 0 Å². The van der Waals surface area contributed by atoms with E-state index in [9.17, 15) is 9.59 Å². The fraction of sp³-hybridized carbons (Fsp3) is 0.312. The minimum absolute atomic E-state index is 0.114. The van der Waals surface area contributed by atoms with Crippen molar-refractivity contribution in [2.75, 3.05) is 16.8 Å². The molecule has 1 N–H and O–H groups in total. The average molecular weight is 301 g/mol. The van der Waals surface area contributed by atoms with Crippen LogP contribution >= 0.6 is 0 Å². The maximum Gasteiger partial charge on any atom is 0.244 e. The molecule has 6 nitrogen and oxygen atoms in total. The third kappa shape index (κ3) is 3.94. The predicted molar refractivity (Wildman–Crippen MR) is 83.7 cm³/mol. The van der Waals surface area contributed by atoms with Gasteiger partial charge in [-0.2, -0.15) is 0 Å². The summed E-state index contributed by atoms with van der Waals surface area (Å²) in [4.78, 5) is 25.1. The van der Waals surface area contributed by atoms with Gasteiger partial charge in [0.15, 0.2) is 5.82 Å². The molecule has 0 aliphatic heterocycles. The smallest absolute Gasteiger partial charge is 0.244 e. The zero-order chi connectivity index (χ0) is 16.1. The SMILES string of the molecule is CCc1ccc(NC(=O)CN(C(C)=O)c2cc(C)on2)cc1. The maximum absolute atomic E-state index is 12.1. The van der Waals surface area contributed by atoms with Crippen LogP contribution in [0.25, 0.3) is 0 Å². The molecule has 1 aromatic heterocycles. The third-order valence-corrected chi connectivity index (χ3v) is 3.22. The molecule has 0 fully saturated rings. The van der Waals surface area contributed by atoms with Crippen LogP contribution < -0.4 is 10.2 Å². The minimum Gasteiger partial charge on any atom is -0.360 e. The topological polar surface area (TPSA) is 75.4 Å². The number of aromatic nitrogens is 1. The second-order valence-corrected chi connectivity index (χ2v) is 5.00. The number of benzene rings is 1. The van der Waals surface area contributed by atoms with Crippen LogP contribution in [0.1, 0.15) is 25.2 Å². The van der Waals surface area contributed by atoms with Gasteiger partial charge in [-0.05, 0) is 31.0 Å². The second kappa shape index (κ2) is 6.89. The number of nitrogens with zero attached hydrogens (tertiary/aromatic N) is 2. The van der Waals surface area contributed by atoms with Gasteiger partial charge in [0.2, 0.25) is 11.8 Å². The molecule has 6 heteroatoms. The molecule has 0 atom stereocenters. The molecule has 0 saturated carbocycles. The normalized spacial score (nSPS) is 10.3. The minimum atomic E-state index is -0.292. The first kappa shape index (κ1) is 15.8. The molecule has 0 unspecified atom stereocenters. The van der Waals surface area contributed by atoms with Gasteiger partial charge in [-0.25, -0.2) is 0 Å². The van der Waals surface area contributed by atoms with Crippen LogP contribution in [0.4, 0.5) is 11.5 Å². The molecule has 0 bridgehead atoms. The molecule has 0 aliphatic rings. The molecule has 0 radical (unpaired) electrons. The maximum atomic E-state index is 12.1. The first-order valence-electron chi connectivity index (χ1n) is 7.09. The third-order valence-electron chi connectivity index (χ3n) is 3.22. The number of carbonyl (C=O) groups excluding carboxylic acids is 2. The van der Waals surface area contributed by atoms with Gasteiger partial charge in [0.1, 0.15) is 12.3 Å². The van der Waals surface area contributed by atoms with Crippen LogP contribution in [0.2, 0.25) is 0 Å². The number of hydrogen-bond acceptors (Lipinski definition) is 4. The molecule has 0 aliphatic carbocycles. The van der Waals surface area contributed by atoms with Gasteiger partial charge in [-0.3, -0.25) is 14.5 Å². The Bertz CT molecular complexity index is 662. The van der Waals surface area contributed by atoms with E-state index in [2.05, 4.69) is 17.4 Å². The first-order chi connectivity index (χ1) is 10.5. The van der Waals surface area contributed by atoms with Crippen molar-refractivity contribution in [3.05, 3.63) is 41.7 Å². The number of aryl methyl sites for hydroxylation is 2. The number of rotatable bonds is 5. The van der Waals surface area contributed by atoms with E-state index in [-0.39, 0.29) is 18.4 Å². The van der Waals surface area contributed by atoms with Crippen molar-refractivity contribution in [1.29, 1.82) is 0 Å². The largest absolute Gasteiger partial charge is 0.360 e. The molecule has 116 valence electrons. The molecular weight excluding hydrogens is 282 g/mol. The summed E-state index contributed by atoms with van der Waals surface area (Å²) in [6, 6.07) is 9.22. The van der Waals surface area contributed by atoms with E-state index in [1.165, 1.54) is 17.4 Å². The van der Waals surface area contributed by atoms with E-state index in [0.717, 1.165) is 6.42 Å². The predicted octanol–water partition coefficient (Wildman–Crippen LogP) is 2.54. The molecule has 22 heavy (non-hydrogen) atoms. The summed E-state index contributed by atoms with van der Waals surface area (Å²) in [5, 5.41) is 6.53. The molecule has 2 amide bonds. The zero-order valence-electron chi connectivity index (χ0n) is 12.9. The number of carbonyl (C=O) groups is 2. The highest BCUT2D eigenvalue weighted by atomic mass is 16.5. The molecule has 0 spiro atoms. The van der Waals surface area contributed by atoms with Crippen molar-refractivity contribution < 1.29 is 14.1 Å². The van der Waals surface area contributed by atoms with E-state index in [0.29, 0.717) is 17.3 Å². The fourth-order valence-corrected chi connectivity index (χ4v) is 2.00. The Morgan fingerprint density at radius 1 is 1.27 bits per heavy atom. The van der Waals surface area contributed by atoms with Crippen LogP contribution in [0, 0.1) is 6.92 Å². The molecular formula is C16H19N3O3. The van der Waals surface area contributed by atoms with Crippen molar-refractivity contribution in [1.82, 2.24) is 5.16 Å². The van der Waals surface area contributed by atoms with Gasteiger partial charge in [0.05, 0.1) is 0 Å². The van der Waals surface area contributed by atoms with Gasteiger partial charge in [-0.15, -0.1) is 0 Å². The Hall–Kier alpha value is -2.63. The van der Waals surface area contributed by atoms with Crippen molar-refractivity contribution in [2.24, 2.45) is 0 Å². The van der Waals surface area contributed by atoms with Gasteiger partial charge in [0, 0.05) is 18.7 Å². The monoisotopic (exact) mass is 301 g/mol. The van der Waals surface area contributed by atoms with Gasteiger partial charge in [-0.1, -0.05) is 24.2 Å². The van der Waals surface area contributed by atoms with Crippen molar-refractivity contribution >= 4 is 23.3 Å². The average Bonchev–Trinajstić information content (AvgIpc) is 2.91. The summed E-state index contributed by atoms with van der Waals surface area (Å²) in [5.74, 6) is 0.350. The lowest BCUT2D eigenvalue weighted by molar-refractivity contribution is -0.120. The Balaban J connectivity index is 2.03. The van der Waals surface area contributed by atoms with Crippen LogP contribution in [-0.4, -0.2) is 23.5 Å². The quantitative estimate of drug-likeness (QED) is 0.920. The van der Waals surface area contributed by atoms with Crippen molar-refractivity contribution in [2.45, 2.75) is 27.2 Å². The fourth-order valence-electron chi connectivity index (χ4n) is 2.00. The summed E-state index contributed by atoms with van der Waals surface area (Å²) < 4.78 is 4.95. The summed E-state index contributed by atoms with van der Waals surface area (Å²) in [6.07, 6.45) is 0.942. The Labute approximate surface area is 129 Å². The van der Waals surface area contributed by atoms with Crippen molar-refractivity contribution in [3.8, 4) is 0 Å². The van der Waals surface area contributed by atoms with Gasteiger partial charge < -0.3 is 9.84 Å². The first-order valence-corrected chi connectivity index (χ1v) is 7.09. The van der Waals surface area contributed by atoms with Crippen LogP contribution in [0.15, 0.2) is 34.9 Å². The molecule has 0 saturated heterocycles. The van der Waals surface area contributed by atoms with Crippen molar-refractivity contribution in [3.63, 3.8) is 0 Å². The second-order valence-electron chi connectivity index (χ2n) is 5.00. The van der Waals surface area contributed by atoms with E-state index in [4.69, 9.17) is 4.52 Å². The Morgan fingerprint density at radius 2 is 1.95 bits per heavy atom. The highest BCUT2D eigenvalue weighted by Gasteiger charge is 2.19. The number of anilines is 2. The molecule has 2 rings (SSSR count). The Kier molecular flexibility index (Phi) is 4.93. The summed E-state index contributed by atoms with van der Waals surface area (Å²) in [5.41, 5.74) is 1.89. The summed E-state index contributed by atoms with van der Waals surface area (Å²) in [7, 11) is 0. The number of nitrogens with one attached hydrogen (secondary N) is 1. The molecule has 1 heterocycles. The lowest BCUT2D eigenvalue weighted by atomic mass is 10.1. The Morgan fingerprint density at radius 3 is 2.45 bits per heavy atom. The van der Waals surface area contributed by atoms with Gasteiger partial charge in [0.25, 0.3) is 0 Å². The van der Waals surface area contributed by atoms with Gasteiger partial charge >= 0.3 is 0 Å². The van der Waals surface area contributed by atoms with Crippen LogP contribution in [-0.2, 0) is 16.0 Å². The lowest BCUT2D eigenvalue weighted by Gasteiger charge is -2.17.